The third-order valence-electron chi connectivity index (χ3n) is 4.13. The lowest BCUT2D eigenvalue weighted by atomic mass is 9.77. The van der Waals surface area contributed by atoms with Crippen LogP contribution in [0.1, 0.15) is 44.6 Å². The fourth-order valence-corrected chi connectivity index (χ4v) is 2.65. The van der Waals surface area contributed by atoms with E-state index in [1.54, 1.807) is 7.11 Å². The Hall–Kier alpha value is -1.06. The lowest BCUT2D eigenvalue weighted by molar-refractivity contribution is -0.113. The Labute approximate surface area is 122 Å². The maximum Gasteiger partial charge on any atom is 0.119 e. The molecule has 3 nitrogen and oxygen atoms in total. The molecule has 0 unspecified atom stereocenters. The van der Waals surface area contributed by atoms with E-state index in [0.717, 1.165) is 25.3 Å². The van der Waals surface area contributed by atoms with Crippen LogP contribution in [0.3, 0.4) is 0 Å². The van der Waals surface area contributed by atoms with E-state index >= 15 is 0 Å². The van der Waals surface area contributed by atoms with E-state index in [-0.39, 0.29) is 5.60 Å². The molecule has 0 radical (unpaired) electrons. The van der Waals surface area contributed by atoms with Gasteiger partial charge in [0.15, 0.2) is 0 Å². The van der Waals surface area contributed by atoms with E-state index in [9.17, 15) is 0 Å². The highest BCUT2D eigenvalue weighted by Crippen LogP contribution is 2.39. The second-order valence-corrected chi connectivity index (χ2v) is 5.68. The molecule has 0 amide bonds. The van der Waals surface area contributed by atoms with Crippen molar-refractivity contribution in [2.75, 3.05) is 20.2 Å². The number of methoxy groups -OCH3 is 1. The molecule has 1 aliphatic carbocycles. The lowest BCUT2D eigenvalue weighted by Crippen LogP contribution is -2.42. The second-order valence-electron chi connectivity index (χ2n) is 5.68. The fraction of sp³-hybridized carbons (Fsp3) is 0.647. The summed E-state index contributed by atoms with van der Waals surface area (Å²) in [5, 5.41) is 3.48. The van der Waals surface area contributed by atoms with Gasteiger partial charge in [-0.1, -0.05) is 19.1 Å². The molecule has 0 bridgehead atoms. The number of hydrogen-bond acceptors (Lipinski definition) is 3. The van der Waals surface area contributed by atoms with Crippen molar-refractivity contribution < 1.29 is 9.47 Å². The van der Waals surface area contributed by atoms with Crippen LogP contribution in [-0.2, 0) is 11.3 Å². The number of benzene rings is 1. The van der Waals surface area contributed by atoms with Crippen molar-refractivity contribution >= 4 is 0 Å². The van der Waals surface area contributed by atoms with Gasteiger partial charge in [0.25, 0.3) is 0 Å². The average molecular weight is 277 g/mol. The highest BCUT2D eigenvalue weighted by molar-refractivity contribution is 5.27. The summed E-state index contributed by atoms with van der Waals surface area (Å²) in [6.45, 7) is 5.05. The number of hydrogen-bond donors (Lipinski definition) is 1. The molecular formula is C17H27NO2. The van der Waals surface area contributed by atoms with Gasteiger partial charge in [0.2, 0.25) is 0 Å². The van der Waals surface area contributed by atoms with Crippen molar-refractivity contribution in [3.8, 4) is 5.75 Å². The van der Waals surface area contributed by atoms with Crippen LogP contribution in [0.2, 0.25) is 0 Å². The molecule has 1 aromatic carbocycles. The van der Waals surface area contributed by atoms with Gasteiger partial charge < -0.3 is 14.8 Å². The summed E-state index contributed by atoms with van der Waals surface area (Å²) in [5.74, 6) is 0.901. The predicted octanol–water partition coefficient (Wildman–Crippen LogP) is 3.52. The van der Waals surface area contributed by atoms with Crippen LogP contribution in [0.15, 0.2) is 24.3 Å². The first-order chi connectivity index (χ1) is 9.78. The Morgan fingerprint density at radius 1 is 1.25 bits per heavy atom. The van der Waals surface area contributed by atoms with Gasteiger partial charge in [-0.3, -0.25) is 0 Å². The number of ether oxygens (including phenoxy) is 2. The largest absolute Gasteiger partial charge is 0.497 e. The molecule has 1 fully saturated rings. The summed E-state index contributed by atoms with van der Waals surface area (Å²) < 4.78 is 11.5. The third-order valence-corrected chi connectivity index (χ3v) is 4.13. The zero-order valence-corrected chi connectivity index (χ0v) is 12.8. The molecule has 20 heavy (non-hydrogen) atoms. The van der Waals surface area contributed by atoms with Crippen molar-refractivity contribution in [3.63, 3.8) is 0 Å². The molecular weight excluding hydrogens is 250 g/mol. The molecule has 1 aromatic rings. The monoisotopic (exact) mass is 277 g/mol. The van der Waals surface area contributed by atoms with Crippen molar-refractivity contribution in [1.82, 2.24) is 5.32 Å². The molecule has 0 aliphatic heterocycles. The van der Waals surface area contributed by atoms with Crippen molar-refractivity contribution in [2.24, 2.45) is 0 Å². The Bertz CT molecular complexity index is 402. The van der Waals surface area contributed by atoms with E-state index in [2.05, 4.69) is 24.4 Å². The maximum absolute atomic E-state index is 6.24. The standard InChI is InChI=1S/C17H27NO2/c1-3-11-18-12-10-17(8-5-9-17)20-14-15-6-4-7-16(13-15)19-2/h4,6-7,13,18H,3,5,8-12,14H2,1-2H3. The van der Waals surface area contributed by atoms with E-state index < -0.39 is 0 Å². The SMILES string of the molecule is CCCNCCC1(OCc2cccc(OC)c2)CCC1. The van der Waals surface area contributed by atoms with Gasteiger partial charge in [0.05, 0.1) is 19.3 Å². The van der Waals surface area contributed by atoms with Gasteiger partial charge in [-0.05, 0) is 62.9 Å². The van der Waals surface area contributed by atoms with Crippen LogP contribution in [0.4, 0.5) is 0 Å². The minimum Gasteiger partial charge on any atom is -0.497 e. The summed E-state index contributed by atoms with van der Waals surface area (Å²) in [5.41, 5.74) is 1.31. The number of rotatable bonds is 9. The topological polar surface area (TPSA) is 30.5 Å². The van der Waals surface area contributed by atoms with Crippen molar-refractivity contribution in [3.05, 3.63) is 29.8 Å². The molecule has 0 heterocycles. The summed E-state index contributed by atoms with van der Waals surface area (Å²) in [4.78, 5) is 0. The van der Waals surface area contributed by atoms with Gasteiger partial charge >= 0.3 is 0 Å². The average Bonchev–Trinajstić information content (AvgIpc) is 2.45. The zero-order valence-electron chi connectivity index (χ0n) is 12.8. The van der Waals surface area contributed by atoms with Gasteiger partial charge in [-0.2, -0.15) is 0 Å². The molecule has 1 N–H and O–H groups in total. The van der Waals surface area contributed by atoms with Gasteiger partial charge in [0.1, 0.15) is 5.75 Å². The fourth-order valence-electron chi connectivity index (χ4n) is 2.65. The molecule has 0 atom stereocenters. The third kappa shape index (κ3) is 4.22. The van der Waals surface area contributed by atoms with E-state index in [0.29, 0.717) is 6.61 Å². The highest BCUT2D eigenvalue weighted by atomic mass is 16.5. The summed E-state index contributed by atoms with van der Waals surface area (Å²) in [6, 6.07) is 8.15. The Kier molecular flexibility index (Phi) is 5.86. The predicted molar refractivity (Wildman–Crippen MR) is 82.1 cm³/mol. The van der Waals surface area contributed by atoms with Gasteiger partial charge in [0, 0.05) is 0 Å². The minimum atomic E-state index is 0.115. The normalized spacial score (nSPS) is 16.7. The highest BCUT2D eigenvalue weighted by Gasteiger charge is 2.37. The van der Waals surface area contributed by atoms with Crippen LogP contribution in [0.25, 0.3) is 0 Å². The van der Waals surface area contributed by atoms with Crippen LogP contribution in [0.5, 0.6) is 5.75 Å². The van der Waals surface area contributed by atoms with E-state index in [4.69, 9.17) is 9.47 Å². The molecule has 0 spiro atoms. The van der Waals surface area contributed by atoms with Crippen LogP contribution < -0.4 is 10.1 Å². The molecule has 1 saturated carbocycles. The van der Waals surface area contributed by atoms with Crippen LogP contribution in [-0.4, -0.2) is 25.8 Å². The first-order valence-corrected chi connectivity index (χ1v) is 7.75. The van der Waals surface area contributed by atoms with Crippen LogP contribution >= 0.6 is 0 Å². The minimum absolute atomic E-state index is 0.115. The quantitative estimate of drug-likeness (QED) is 0.701. The van der Waals surface area contributed by atoms with E-state index in [1.165, 1.54) is 31.2 Å². The maximum atomic E-state index is 6.24. The Balaban J connectivity index is 1.80. The zero-order chi connectivity index (χ0) is 14.3. The first kappa shape index (κ1) is 15.3. The summed E-state index contributed by atoms with van der Waals surface area (Å²) in [7, 11) is 1.70. The summed E-state index contributed by atoms with van der Waals surface area (Å²) in [6.07, 6.45) is 6.01. The summed E-state index contributed by atoms with van der Waals surface area (Å²) >= 11 is 0. The second kappa shape index (κ2) is 7.65. The van der Waals surface area contributed by atoms with Gasteiger partial charge in [-0.25, -0.2) is 0 Å². The molecule has 0 aromatic heterocycles. The Morgan fingerprint density at radius 2 is 2.10 bits per heavy atom. The van der Waals surface area contributed by atoms with Crippen molar-refractivity contribution in [1.29, 1.82) is 0 Å². The molecule has 2 rings (SSSR count). The lowest BCUT2D eigenvalue weighted by Gasteiger charge is -2.42. The molecule has 112 valence electrons. The van der Waals surface area contributed by atoms with Crippen molar-refractivity contribution in [2.45, 2.75) is 51.2 Å². The van der Waals surface area contributed by atoms with E-state index in [1.807, 2.05) is 12.1 Å². The first-order valence-electron chi connectivity index (χ1n) is 7.75. The van der Waals surface area contributed by atoms with Crippen LogP contribution in [0, 0.1) is 0 Å². The number of nitrogens with one attached hydrogen (secondary N) is 1. The molecule has 3 heteroatoms. The smallest absolute Gasteiger partial charge is 0.119 e. The molecule has 1 aliphatic rings. The molecule has 0 saturated heterocycles. The van der Waals surface area contributed by atoms with Gasteiger partial charge in [-0.15, -0.1) is 0 Å². The Morgan fingerprint density at radius 3 is 2.75 bits per heavy atom.